The molecule has 1 heterocycles. The summed E-state index contributed by atoms with van der Waals surface area (Å²) in [4.78, 5) is 15.9. The van der Waals surface area contributed by atoms with Crippen molar-refractivity contribution in [1.29, 1.82) is 0 Å². The Balaban J connectivity index is 1.76. The van der Waals surface area contributed by atoms with Crippen LogP contribution in [0.4, 0.5) is 5.82 Å². The Morgan fingerprint density at radius 1 is 1.53 bits per heavy atom. The van der Waals surface area contributed by atoms with Gasteiger partial charge in [0.1, 0.15) is 5.82 Å². The molecule has 1 aromatic rings. The van der Waals surface area contributed by atoms with Gasteiger partial charge in [0.05, 0.1) is 0 Å². The molecule has 0 aliphatic heterocycles. The molecule has 0 aromatic carbocycles. The molecule has 92 valence electrons. The fourth-order valence-electron chi connectivity index (χ4n) is 1.81. The van der Waals surface area contributed by atoms with E-state index in [9.17, 15) is 4.79 Å². The molecule has 1 saturated carbocycles. The highest BCUT2D eigenvalue weighted by atomic mass is 16.1. The van der Waals surface area contributed by atoms with Gasteiger partial charge >= 0.3 is 0 Å². The molecule has 4 nitrogen and oxygen atoms in total. The fraction of sp³-hybridized carbons (Fsp3) is 0.538. The Labute approximate surface area is 102 Å². The maximum absolute atomic E-state index is 11.8. The van der Waals surface area contributed by atoms with Crippen LogP contribution in [0.15, 0.2) is 18.3 Å². The van der Waals surface area contributed by atoms with Gasteiger partial charge in [-0.3, -0.25) is 4.79 Å². The van der Waals surface area contributed by atoms with Crippen molar-refractivity contribution in [3.63, 3.8) is 0 Å². The van der Waals surface area contributed by atoms with Gasteiger partial charge in [0.25, 0.3) is 5.91 Å². The number of nitrogens with zero attached hydrogens (tertiary/aromatic N) is 1. The number of nitrogens with one attached hydrogen (secondary N) is 2. The van der Waals surface area contributed by atoms with Gasteiger partial charge in [0, 0.05) is 25.4 Å². The highest BCUT2D eigenvalue weighted by molar-refractivity contribution is 5.94. The van der Waals surface area contributed by atoms with Gasteiger partial charge in [-0.15, -0.1) is 0 Å². The molecule has 17 heavy (non-hydrogen) atoms. The van der Waals surface area contributed by atoms with Crippen molar-refractivity contribution in [1.82, 2.24) is 10.3 Å². The summed E-state index contributed by atoms with van der Waals surface area (Å²) in [6, 6.07) is 3.49. The summed E-state index contributed by atoms with van der Waals surface area (Å²) in [6.07, 6.45) is 6.73. The zero-order chi connectivity index (χ0) is 12.1. The van der Waals surface area contributed by atoms with E-state index in [1.165, 1.54) is 19.3 Å². The van der Waals surface area contributed by atoms with Gasteiger partial charge < -0.3 is 10.6 Å². The van der Waals surface area contributed by atoms with E-state index in [0.717, 1.165) is 24.7 Å². The normalized spacial score (nSPS) is 14.4. The van der Waals surface area contributed by atoms with Gasteiger partial charge in [-0.2, -0.15) is 0 Å². The summed E-state index contributed by atoms with van der Waals surface area (Å²) in [5.74, 6) is 1.64. The van der Waals surface area contributed by atoms with Crippen molar-refractivity contribution in [2.75, 3.05) is 18.9 Å². The average Bonchev–Trinajstić information content (AvgIpc) is 3.18. The molecule has 2 N–H and O–H groups in total. The van der Waals surface area contributed by atoms with Crippen LogP contribution in [0.25, 0.3) is 0 Å². The van der Waals surface area contributed by atoms with Crippen molar-refractivity contribution in [3.05, 3.63) is 23.9 Å². The number of pyridine rings is 1. The summed E-state index contributed by atoms with van der Waals surface area (Å²) >= 11 is 0. The fourth-order valence-corrected chi connectivity index (χ4v) is 1.81. The van der Waals surface area contributed by atoms with Crippen molar-refractivity contribution in [3.8, 4) is 0 Å². The second-order valence-electron chi connectivity index (χ2n) is 4.52. The predicted molar refractivity (Wildman–Crippen MR) is 68.1 cm³/mol. The zero-order valence-corrected chi connectivity index (χ0v) is 10.2. The molecule has 0 unspecified atom stereocenters. The lowest BCUT2D eigenvalue weighted by Gasteiger charge is -2.06. The first-order valence-corrected chi connectivity index (χ1v) is 6.21. The highest BCUT2D eigenvalue weighted by Gasteiger charge is 2.20. The largest absolute Gasteiger partial charge is 0.373 e. The van der Waals surface area contributed by atoms with Crippen LogP contribution in [0.5, 0.6) is 0 Å². The summed E-state index contributed by atoms with van der Waals surface area (Å²) < 4.78 is 0. The SMILES string of the molecule is CNc1cc(C(=O)NCCCC2CC2)ccn1. The topological polar surface area (TPSA) is 54.0 Å². The van der Waals surface area contributed by atoms with Crippen molar-refractivity contribution in [2.24, 2.45) is 5.92 Å². The molecular formula is C13H19N3O. The lowest BCUT2D eigenvalue weighted by atomic mass is 10.2. The highest BCUT2D eigenvalue weighted by Crippen LogP contribution is 2.33. The molecule has 0 saturated heterocycles. The molecule has 1 aliphatic carbocycles. The minimum absolute atomic E-state index is 0.0142. The molecule has 0 bridgehead atoms. The number of carbonyl (C=O) groups is 1. The van der Waals surface area contributed by atoms with Crippen LogP contribution >= 0.6 is 0 Å². The van der Waals surface area contributed by atoms with Gasteiger partial charge in [-0.05, 0) is 30.9 Å². The van der Waals surface area contributed by atoms with Crippen LogP contribution < -0.4 is 10.6 Å². The second kappa shape index (κ2) is 5.66. The molecule has 1 amide bonds. The molecule has 1 aromatic heterocycles. The first kappa shape index (κ1) is 11.9. The second-order valence-corrected chi connectivity index (χ2v) is 4.52. The van der Waals surface area contributed by atoms with E-state index < -0.39 is 0 Å². The number of aromatic nitrogens is 1. The van der Waals surface area contributed by atoms with E-state index in [1.807, 2.05) is 0 Å². The Kier molecular flexibility index (Phi) is 3.96. The standard InChI is InChI=1S/C13H19N3O/c1-14-12-9-11(6-8-15-12)13(17)16-7-2-3-10-4-5-10/h6,8-10H,2-5,7H2,1H3,(H,14,15)(H,16,17). The molecule has 0 atom stereocenters. The summed E-state index contributed by atoms with van der Waals surface area (Å²) in [6.45, 7) is 0.770. The molecule has 2 rings (SSSR count). The summed E-state index contributed by atoms with van der Waals surface area (Å²) in [7, 11) is 1.79. The van der Waals surface area contributed by atoms with Gasteiger partial charge in [0.2, 0.25) is 0 Å². The van der Waals surface area contributed by atoms with Gasteiger partial charge in [-0.1, -0.05) is 12.8 Å². The zero-order valence-electron chi connectivity index (χ0n) is 10.2. The maximum atomic E-state index is 11.8. The number of rotatable bonds is 6. The molecule has 0 radical (unpaired) electrons. The minimum Gasteiger partial charge on any atom is -0.373 e. The third-order valence-corrected chi connectivity index (χ3v) is 3.05. The summed E-state index contributed by atoms with van der Waals surface area (Å²) in [5, 5.41) is 5.86. The van der Waals surface area contributed by atoms with Gasteiger partial charge in [0.15, 0.2) is 0 Å². The Hall–Kier alpha value is -1.58. The third kappa shape index (κ3) is 3.73. The van der Waals surface area contributed by atoms with Crippen LogP contribution in [-0.2, 0) is 0 Å². The Morgan fingerprint density at radius 2 is 2.35 bits per heavy atom. The van der Waals surface area contributed by atoms with Crippen molar-refractivity contribution in [2.45, 2.75) is 25.7 Å². The monoisotopic (exact) mass is 233 g/mol. The van der Waals surface area contributed by atoms with Gasteiger partial charge in [-0.25, -0.2) is 4.98 Å². The Bertz CT molecular complexity index is 388. The lowest BCUT2D eigenvalue weighted by molar-refractivity contribution is 0.0952. The number of anilines is 1. The van der Waals surface area contributed by atoms with E-state index >= 15 is 0 Å². The third-order valence-electron chi connectivity index (χ3n) is 3.05. The summed E-state index contributed by atoms with van der Waals surface area (Å²) in [5.41, 5.74) is 0.663. The van der Waals surface area contributed by atoms with E-state index in [0.29, 0.717) is 5.56 Å². The molecular weight excluding hydrogens is 214 g/mol. The quantitative estimate of drug-likeness (QED) is 0.739. The Morgan fingerprint density at radius 3 is 3.06 bits per heavy atom. The molecule has 0 spiro atoms. The van der Waals surface area contributed by atoms with E-state index in [4.69, 9.17) is 0 Å². The predicted octanol–water partition coefficient (Wildman–Crippen LogP) is 2.04. The first-order valence-electron chi connectivity index (χ1n) is 6.21. The smallest absolute Gasteiger partial charge is 0.251 e. The molecule has 4 heteroatoms. The average molecular weight is 233 g/mol. The van der Waals surface area contributed by atoms with Crippen molar-refractivity contribution < 1.29 is 4.79 Å². The number of amides is 1. The van der Waals surface area contributed by atoms with E-state index in [1.54, 1.807) is 25.4 Å². The number of hydrogen-bond acceptors (Lipinski definition) is 3. The van der Waals surface area contributed by atoms with E-state index in [2.05, 4.69) is 15.6 Å². The van der Waals surface area contributed by atoms with Crippen LogP contribution in [0, 0.1) is 5.92 Å². The van der Waals surface area contributed by atoms with Crippen molar-refractivity contribution >= 4 is 11.7 Å². The number of hydrogen-bond donors (Lipinski definition) is 2. The number of carbonyl (C=O) groups excluding carboxylic acids is 1. The van der Waals surface area contributed by atoms with E-state index in [-0.39, 0.29) is 5.91 Å². The molecule has 1 aliphatic rings. The van der Waals surface area contributed by atoms with Crippen LogP contribution in [0.1, 0.15) is 36.0 Å². The first-order chi connectivity index (χ1) is 8.29. The lowest BCUT2D eigenvalue weighted by Crippen LogP contribution is -2.24. The van der Waals surface area contributed by atoms with Crippen LogP contribution in [-0.4, -0.2) is 24.5 Å². The van der Waals surface area contributed by atoms with Crippen LogP contribution in [0.2, 0.25) is 0 Å². The molecule has 1 fully saturated rings. The minimum atomic E-state index is -0.0142. The maximum Gasteiger partial charge on any atom is 0.251 e. The van der Waals surface area contributed by atoms with Crippen LogP contribution in [0.3, 0.4) is 0 Å².